The average molecular weight is 418 g/mol. The molecule has 2 N–H and O–H groups in total. The molecule has 1 atom stereocenters. The molecule has 0 saturated carbocycles. The van der Waals surface area contributed by atoms with E-state index < -0.39 is 11.7 Å². The third kappa shape index (κ3) is 4.28. The number of rotatable bonds is 5. The van der Waals surface area contributed by atoms with Crippen LogP contribution in [0.3, 0.4) is 0 Å². The maximum Gasteiger partial charge on any atom is 0.416 e. The number of halogens is 3. The first-order valence-electron chi connectivity index (χ1n) is 9.65. The van der Waals surface area contributed by atoms with Gasteiger partial charge in [0.1, 0.15) is 23.7 Å². The summed E-state index contributed by atoms with van der Waals surface area (Å²) in [7, 11) is 0. The summed E-state index contributed by atoms with van der Waals surface area (Å²) in [6, 6.07) is 10.1. The SMILES string of the molecule is Cc1oc2ccc(OCc3ccc(C(F)(F)F)cc3)cc2c1C(=O)N[C@H]1CCNC1. The van der Waals surface area contributed by atoms with Crippen molar-refractivity contribution in [2.75, 3.05) is 13.1 Å². The van der Waals surface area contributed by atoms with Crippen molar-refractivity contribution in [1.29, 1.82) is 0 Å². The van der Waals surface area contributed by atoms with Crippen LogP contribution in [0.4, 0.5) is 13.2 Å². The van der Waals surface area contributed by atoms with E-state index in [1.807, 2.05) is 0 Å². The molecule has 2 heterocycles. The van der Waals surface area contributed by atoms with Gasteiger partial charge in [-0.15, -0.1) is 0 Å². The van der Waals surface area contributed by atoms with E-state index in [0.717, 1.165) is 31.6 Å². The predicted molar refractivity (Wildman–Crippen MR) is 105 cm³/mol. The molecule has 1 saturated heterocycles. The Labute approximate surface area is 171 Å². The molecule has 4 rings (SSSR count). The van der Waals surface area contributed by atoms with Crippen LogP contribution in [0.25, 0.3) is 11.0 Å². The smallest absolute Gasteiger partial charge is 0.416 e. The third-order valence-corrected chi connectivity index (χ3v) is 5.14. The Balaban J connectivity index is 1.50. The minimum absolute atomic E-state index is 0.0842. The van der Waals surface area contributed by atoms with Crippen molar-refractivity contribution < 1.29 is 27.1 Å². The summed E-state index contributed by atoms with van der Waals surface area (Å²) >= 11 is 0. The molecule has 1 aliphatic rings. The van der Waals surface area contributed by atoms with E-state index >= 15 is 0 Å². The molecule has 1 fully saturated rings. The zero-order valence-corrected chi connectivity index (χ0v) is 16.3. The average Bonchev–Trinajstić information content (AvgIpc) is 3.32. The number of hydrogen-bond donors (Lipinski definition) is 2. The largest absolute Gasteiger partial charge is 0.489 e. The summed E-state index contributed by atoms with van der Waals surface area (Å²) in [5.74, 6) is 0.827. The molecule has 1 aromatic heterocycles. The molecule has 158 valence electrons. The highest BCUT2D eigenvalue weighted by Crippen LogP contribution is 2.31. The first kappa shape index (κ1) is 20.3. The number of amides is 1. The Morgan fingerprint density at radius 1 is 1.23 bits per heavy atom. The lowest BCUT2D eigenvalue weighted by Crippen LogP contribution is -2.36. The molecule has 0 spiro atoms. The Bertz CT molecular complexity index is 1050. The maximum absolute atomic E-state index is 12.8. The van der Waals surface area contributed by atoms with Crippen LogP contribution in [0.1, 0.15) is 33.7 Å². The number of carbonyl (C=O) groups excluding carboxylic acids is 1. The second-order valence-corrected chi connectivity index (χ2v) is 7.34. The fraction of sp³-hybridized carbons (Fsp3) is 0.318. The number of aryl methyl sites for hydroxylation is 1. The summed E-state index contributed by atoms with van der Waals surface area (Å²) in [4.78, 5) is 12.8. The number of furan rings is 1. The van der Waals surface area contributed by atoms with Crippen molar-refractivity contribution in [3.63, 3.8) is 0 Å². The van der Waals surface area contributed by atoms with Gasteiger partial charge in [-0.3, -0.25) is 4.79 Å². The van der Waals surface area contributed by atoms with Gasteiger partial charge in [0.25, 0.3) is 5.91 Å². The Kier molecular flexibility index (Phi) is 5.42. The number of alkyl halides is 3. The van der Waals surface area contributed by atoms with Crippen LogP contribution in [0.2, 0.25) is 0 Å². The molecule has 0 bridgehead atoms. The van der Waals surface area contributed by atoms with Crippen LogP contribution >= 0.6 is 0 Å². The molecular weight excluding hydrogens is 397 g/mol. The first-order chi connectivity index (χ1) is 14.3. The summed E-state index contributed by atoms with van der Waals surface area (Å²) in [6.07, 6.45) is -3.49. The highest BCUT2D eigenvalue weighted by Gasteiger charge is 2.30. The summed E-state index contributed by atoms with van der Waals surface area (Å²) < 4.78 is 49.5. The molecule has 2 aromatic carbocycles. The minimum Gasteiger partial charge on any atom is -0.489 e. The van der Waals surface area contributed by atoms with E-state index in [-0.39, 0.29) is 18.6 Å². The molecule has 5 nitrogen and oxygen atoms in total. The Hall–Kier alpha value is -3.00. The second-order valence-electron chi connectivity index (χ2n) is 7.34. The van der Waals surface area contributed by atoms with Crippen LogP contribution in [0.5, 0.6) is 5.75 Å². The van der Waals surface area contributed by atoms with Crippen molar-refractivity contribution in [3.8, 4) is 5.75 Å². The van der Waals surface area contributed by atoms with E-state index in [0.29, 0.717) is 33.6 Å². The number of nitrogens with one attached hydrogen (secondary N) is 2. The van der Waals surface area contributed by atoms with Gasteiger partial charge in [0.15, 0.2) is 0 Å². The minimum atomic E-state index is -4.37. The van der Waals surface area contributed by atoms with Crippen LogP contribution < -0.4 is 15.4 Å². The fourth-order valence-electron chi connectivity index (χ4n) is 3.56. The van der Waals surface area contributed by atoms with Crippen molar-refractivity contribution in [2.45, 2.75) is 32.2 Å². The normalized spacial score (nSPS) is 16.7. The van der Waals surface area contributed by atoms with Crippen LogP contribution in [-0.4, -0.2) is 25.0 Å². The molecule has 3 aromatic rings. The maximum atomic E-state index is 12.8. The van der Waals surface area contributed by atoms with E-state index in [1.54, 1.807) is 25.1 Å². The van der Waals surface area contributed by atoms with Crippen LogP contribution in [0, 0.1) is 6.92 Å². The van der Waals surface area contributed by atoms with Crippen molar-refractivity contribution in [3.05, 3.63) is 64.9 Å². The van der Waals surface area contributed by atoms with Gasteiger partial charge in [0.2, 0.25) is 0 Å². The molecule has 0 aliphatic carbocycles. The Morgan fingerprint density at radius 3 is 2.67 bits per heavy atom. The van der Waals surface area contributed by atoms with E-state index in [9.17, 15) is 18.0 Å². The predicted octanol–water partition coefficient (Wildman–Crippen LogP) is 4.43. The number of ether oxygens (including phenoxy) is 1. The summed E-state index contributed by atoms with van der Waals surface area (Å²) in [6.45, 7) is 3.46. The van der Waals surface area contributed by atoms with Crippen molar-refractivity contribution in [2.24, 2.45) is 0 Å². The highest BCUT2D eigenvalue weighted by molar-refractivity contribution is 6.07. The fourth-order valence-corrected chi connectivity index (χ4v) is 3.56. The lowest BCUT2D eigenvalue weighted by molar-refractivity contribution is -0.137. The quantitative estimate of drug-likeness (QED) is 0.644. The molecule has 0 radical (unpaired) electrons. The van der Waals surface area contributed by atoms with Gasteiger partial charge in [-0.2, -0.15) is 13.2 Å². The topological polar surface area (TPSA) is 63.5 Å². The summed E-state index contributed by atoms with van der Waals surface area (Å²) in [5.41, 5.74) is 0.953. The number of hydrogen-bond acceptors (Lipinski definition) is 4. The van der Waals surface area contributed by atoms with E-state index in [4.69, 9.17) is 9.15 Å². The lowest BCUT2D eigenvalue weighted by atomic mass is 10.1. The summed E-state index contributed by atoms with van der Waals surface area (Å²) in [5, 5.41) is 6.86. The Morgan fingerprint density at radius 2 is 2.00 bits per heavy atom. The molecule has 8 heteroatoms. The molecule has 30 heavy (non-hydrogen) atoms. The standard InChI is InChI=1S/C22H21F3N2O3/c1-13-20(21(28)27-16-8-9-26-11-16)18-10-17(6-7-19(18)30-13)29-12-14-2-4-15(5-3-14)22(23,24)25/h2-7,10,16,26H,8-9,11-12H2,1H3,(H,27,28)/t16-/m0/s1. The number of fused-ring (bicyclic) bond motifs is 1. The number of carbonyl (C=O) groups is 1. The van der Waals surface area contributed by atoms with Crippen molar-refractivity contribution in [1.82, 2.24) is 10.6 Å². The van der Waals surface area contributed by atoms with E-state index in [1.165, 1.54) is 12.1 Å². The van der Waals surface area contributed by atoms with E-state index in [2.05, 4.69) is 10.6 Å². The molecule has 1 aliphatic heterocycles. The van der Waals surface area contributed by atoms with Gasteiger partial charge >= 0.3 is 6.18 Å². The molecule has 1 amide bonds. The third-order valence-electron chi connectivity index (χ3n) is 5.14. The number of benzene rings is 2. The van der Waals surface area contributed by atoms with Gasteiger partial charge in [0.05, 0.1) is 11.1 Å². The van der Waals surface area contributed by atoms with Gasteiger partial charge in [-0.1, -0.05) is 12.1 Å². The highest BCUT2D eigenvalue weighted by atomic mass is 19.4. The van der Waals surface area contributed by atoms with Gasteiger partial charge in [-0.25, -0.2) is 0 Å². The zero-order chi connectivity index (χ0) is 21.3. The first-order valence-corrected chi connectivity index (χ1v) is 9.65. The zero-order valence-electron chi connectivity index (χ0n) is 16.3. The van der Waals surface area contributed by atoms with Gasteiger partial charge in [0, 0.05) is 18.0 Å². The van der Waals surface area contributed by atoms with Crippen LogP contribution in [-0.2, 0) is 12.8 Å². The molecular formula is C22H21F3N2O3. The van der Waals surface area contributed by atoms with Gasteiger partial charge < -0.3 is 19.8 Å². The van der Waals surface area contributed by atoms with Gasteiger partial charge in [-0.05, 0) is 55.8 Å². The monoisotopic (exact) mass is 418 g/mol. The lowest BCUT2D eigenvalue weighted by Gasteiger charge is -2.11. The molecule has 0 unspecified atom stereocenters. The van der Waals surface area contributed by atoms with Crippen molar-refractivity contribution >= 4 is 16.9 Å². The second kappa shape index (κ2) is 8.02. The van der Waals surface area contributed by atoms with Crippen LogP contribution in [0.15, 0.2) is 46.9 Å².